The number of unbranched alkanes of at least 4 members (excludes halogenated alkanes) is 18. The van der Waals surface area contributed by atoms with E-state index in [2.05, 4.69) is 12.2 Å². The average molecular weight is 409 g/mol. The molecule has 0 spiro atoms. The van der Waals surface area contributed by atoms with Gasteiger partial charge in [0.2, 0.25) is 0 Å². The molecular formula is C26H48O3. The standard InChI is InChI=1S/C26H48O3/c27-26(28)22-20-18-16-14-12-10-8-6-4-2-1-3-5-7-9-11-13-15-17-19-21-25-23-29-24-25/h19,21,25H,1-18,20,22-24H2,(H,27,28)/b21-19+. The van der Waals surface area contributed by atoms with Crippen LogP contribution in [0.3, 0.4) is 0 Å². The van der Waals surface area contributed by atoms with Gasteiger partial charge in [-0.1, -0.05) is 115 Å². The second kappa shape index (κ2) is 20.4. The van der Waals surface area contributed by atoms with Gasteiger partial charge in [-0.25, -0.2) is 0 Å². The Kier molecular flexibility index (Phi) is 18.5. The first-order valence-corrected chi connectivity index (χ1v) is 12.8. The fourth-order valence-corrected chi connectivity index (χ4v) is 4.02. The summed E-state index contributed by atoms with van der Waals surface area (Å²) in [7, 11) is 0. The van der Waals surface area contributed by atoms with Crippen LogP contribution in [0.15, 0.2) is 12.2 Å². The fourth-order valence-electron chi connectivity index (χ4n) is 4.02. The Morgan fingerprint density at radius 1 is 0.655 bits per heavy atom. The summed E-state index contributed by atoms with van der Waals surface area (Å²) in [5.74, 6) is 0.0580. The van der Waals surface area contributed by atoms with Crippen molar-refractivity contribution in [3.05, 3.63) is 12.2 Å². The summed E-state index contributed by atoms with van der Waals surface area (Å²) < 4.78 is 5.17. The zero-order valence-electron chi connectivity index (χ0n) is 19.1. The Morgan fingerprint density at radius 2 is 1.03 bits per heavy atom. The van der Waals surface area contributed by atoms with Crippen molar-refractivity contribution in [1.29, 1.82) is 0 Å². The Bertz CT molecular complexity index is 387. The van der Waals surface area contributed by atoms with Crippen LogP contribution in [0.2, 0.25) is 0 Å². The molecule has 1 fully saturated rings. The number of carbonyl (C=O) groups is 1. The molecule has 1 rings (SSSR count). The smallest absolute Gasteiger partial charge is 0.303 e. The third-order valence-electron chi connectivity index (χ3n) is 6.08. The SMILES string of the molecule is O=C(O)CCCCCCCCCCCCCCCCCCCC/C=C/C1COC1. The molecule has 0 amide bonds. The molecule has 170 valence electrons. The predicted octanol–water partition coefficient (Wildman–Crippen LogP) is 8.08. The van der Waals surface area contributed by atoms with E-state index < -0.39 is 5.97 Å². The molecule has 3 nitrogen and oxygen atoms in total. The van der Waals surface area contributed by atoms with Crippen LogP contribution in [-0.2, 0) is 9.53 Å². The number of hydrogen-bond acceptors (Lipinski definition) is 2. The van der Waals surface area contributed by atoms with Gasteiger partial charge in [0, 0.05) is 12.3 Å². The highest BCUT2D eigenvalue weighted by atomic mass is 16.5. The topological polar surface area (TPSA) is 46.5 Å². The molecular weight excluding hydrogens is 360 g/mol. The maximum atomic E-state index is 10.4. The van der Waals surface area contributed by atoms with Crippen LogP contribution in [0.25, 0.3) is 0 Å². The van der Waals surface area contributed by atoms with E-state index in [0.29, 0.717) is 12.3 Å². The largest absolute Gasteiger partial charge is 0.481 e. The summed E-state index contributed by atoms with van der Waals surface area (Å²) in [5, 5.41) is 8.59. The first kappa shape index (κ1) is 26.2. The summed E-state index contributed by atoms with van der Waals surface area (Å²) in [6.07, 6.45) is 30.4. The summed E-state index contributed by atoms with van der Waals surface area (Å²) in [6.45, 7) is 1.88. The lowest BCUT2D eigenvalue weighted by Gasteiger charge is -2.22. The molecule has 0 aliphatic carbocycles. The summed E-state index contributed by atoms with van der Waals surface area (Å²) in [4.78, 5) is 10.4. The maximum Gasteiger partial charge on any atom is 0.303 e. The van der Waals surface area contributed by atoms with E-state index in [1.807, 2.05) is 0 Å². The predicted molar refractivity (Wildman–Crippen MR) is 123 cm³/mol. The van der Waals surface area contributed by atoms with Crippen molar-refractivity contribution in [2.45, 2.75) is 128 Å². The number of hydrogen-bond donors (Lipinski definition) is 1. The van der Waals surface area contributed by atoms with E-state index in [4.69, 9.17) is 9.84 Å². The molecule has 0 aromatic carbocycles. The van der Waals surface area contributed by atoms with Crippen LogP contribution in [-0.4, -0.2) is 24.3 Å². The van der Waals surface area contributed by atoms with Crippen molar-refractivity contribution < 1.29 is 14.6 Å². The quantitative estimate of drug-likeness (QED) is 0.145. The van der Waals surface area contributed by atoms with Crippen molar-refractivity contribution in [2.24, 2.45) is 5.92 Å². The lowest BCUT2D eigenvalue weighted by atomic mass is 10.0. The van der Waals surface area contributed by atoms with Gasteiger partial charge in [-0.2, -0.15) is 0 Å². The zero-order valence-corrected chi connectivity index (χ0v) is 19.1. The Morgan fingerprint density at radius 3 is 1.38 bits per heavy atom. The molecule has 1 aliphatic rings. The fraction of sp³-hybridized carbons (Fsp3) is 0.885. The van der Waals surface area contributed by atoms with Crippen LogP contribution in [0.4, 0.5) is 0 Å². The van der Waals surface area contributed by atoms with Crippen LogP contribution in [0.5, 0.6) is 0 Å². The summed E-state index contributed by atoms with van der Waals surface area (Å²) in [5.41, 5.74) is 0. The first-order valence-electron chi connectivity index (χ1n) is 12.8. The summed E-state index contributed by atoms with van der Waals surface area (Å²) >= 11 is 0. The Labute approximate surface area is 180 Å². The molecule has 29 heavy (non-hydrogen) atoms. The normalized spacial score (nSPS) is 14.5. The van der Waals surface area contributed by atoms with E-state index in [9.17, 15) is 4.79 Å². The third-order valence-corrected chi connectivity index (χ3v) is 6.08. The number of carboxylic acids is 1. The van der Waals surface area contributed by atoms with Gasteiger partial charge in [-0.15, -0.1) is 0 Å². The van der Waals surface area contributed by atoms with Crippen LogP contribution in [0, 0.1) is 5.92 Å². The van der Waals surface area contributed by atoms with E-state index in [1.54, 1.807) is 0 Å². The minimum Gasteiger partial charge on any atom is -0.481 e. The molecule has 1 heterocycles. The Hall–Kier alpha value is -0.830. The van der Waals surface area contributed by atoms with Crippen molar-refractivity contribution in [1.82, 2.24) is 0 Å². The molecule has 0 aromatic heterocycles. The number of rotatable bonds is 22. The second-order valence-electron chi connectivity index (χ2n) is 9.02. The van der Waals surface area contributed by atoms with Crippen molar-refractivity contribution in [3.8, 4) is 0 Å². The second-order valence-corrected chi connectivity index (χ2v) is 9.02. The third kappa shape index (κ3) is 18.9. The zero-order chi connectivity index (χ0) is 20.8. The number of ether oxygens (including phenoxy) is 1. The van der Waals surface area contributed by atoms with E-state index >= 15 is 0 Å². The molecule has 0 radical (unpaired) electrons. The van der Waals surface area contributed by atoms with Gasteiger partial charge in [0.05, 0.1) is 13.2 Å². The molecule has 0 atom stereocenters. The maximum absolute atomic E-state index is 10.4. The van der Waals surface area contributed by atoms with Crippen molar-refractivity contribution in [2.75, 3.05) is 13.2 Å². The van der Waals surface area contributed by atoms with Crippen molar-refractivity contribution >= 4 is 5.97 Å². The van der Waals surface area contributed by atoms with Crippen LogP contribution >= 0.6 is 0 Å². The molecule has 1 saturated heterocycles. The van der Waals surface area contributed by atoms with Crippen LogP contribution in [0.1, 0.15) is 128 Å². The number of allylic oxidation sites excluding steroid dienone is 1. The average Bonchev–Trinajstić information content (AvgIpc) is 2.67. The van der Waals surface area contributed by atoms with Crippen molar-refractivity contribution in [3.63, 3.8) is 0 Å². The lowest BCUT2D eigenvalue weighted by molar-refractivity contribution is -0.137. The molecule has 3 heteroatoms. The molecule has 0 aromatic rings. The Balaban J connectivity index is 1.63. The highest BCUT2D eigenvalue weighted by molar-refractivity contribution is 5.66. The lowest BCUT2D eigenvalue weighted by Crippen LogP contribution is -2.25. The first-order chi connectivity index (χ1) is 14.3. The minimum atomic E-state index is -0.653. The molecule has 0 saturated carbocycles. The highest BCUT2D eigenvalue weighted by Gasteiger charge is 2.13. The molecule has 1 aliphatic heterocycles. The summed E-state index contributed by atoms with van der Waals surface area (Å²) in [6, 6.07) is 0. The van der Waals surface area contributed by atoms with Gasteiger partial charge in [0.15, 0.2) is 0 Å². The van der Waals surface area contributed by atoms with Gasteiger partial charge < -0.3 is 9.84 Å². The molecule has 1 N–H and O–H groups in total. The van der Waals surface area contributed by atoms with E-state index in [0.717, 1.165) is 26.1 Å². The van der Waals surface area contributed by atoms with Gasteiger partial charge >= 0.3 is 5.97 Å². The number of aliphatic carboxylic acids is 1. The minimum absolute atomic E-state index is 0.342. The highest BCUT2D eigenvalue weighted by Crippen LogP contribution is 2.15. The van der Waals surface area contributed by atoms with E-state index in [-0.39, 0.29) is 0 Å². The molecule has 0 unspecified atom stereocenters. The number of carboxylic acid groups (broad SMARTS) is 1. The van der Waals surface area contributed by atoms with Gasteiger partial charge in [0.25, 0.3) is 0 Å². The van der Waals surface area contributed by atoms with Crippen LogP contribution < -0.4 is 0 Å². The van der Waals surface area contributed by atoms with Gasteiger partial charge in [0.1, 0.15) is 0 Å². The monoisotopic (exact) mass is 408 g/mol. The van der Waals surface area contributed by atoms with E-state index in [1.165, 1.54) is 109 Å². The van der Waals surface area contributed by atoms with Gasteiger partial charge in [-0.3, -0.25) is 4.79 Å². The molecule has 0 bridgehead atoms. The van der Waals surface area contributed by atoms with Gasteiger partial charge in [-0.05, 0) is 19.3 Å².